The molecule has 0 fully saturated rings. The molecule has 2 rings (SSSR count). The first-order chi connectivity index (χ1) is 13.1. The zero-order valence-corrected chi connectivity index (χ0v) is 16.7. The minimum Gasteiger partial charge on any atom is -0.481 e. The number of carbonyl (C=O) groups is 1. The normalized spacial score (nSPS) is 12.1. The monoisotopic (exact) mass is 368 g/mol. The van der Waals surface area contributed by atoms with Gasteiger partial charge in [-0.05, 0) is 29.9 Å². The van der Waals surface area contributed by atoms with Crippen LogP contribution in [-0.4, -0.2) is 21.0 Å². The number of nitrogens with zero attached hydrogens (tertiary/aromatic N) is 2. The van der Waals surface area contributed by atoms with E-state index in [1.807, 2.05) is 43.6 Å². The fourth-order valence-corrected chi connectivity index (χ4v) is 3.26. The van der Waals surface area contributed by atoms with Crippen molar-refractivity contribution in [1.29, 1.82) is 0 Å². The van der Waals surface area contributed by atoms with E-state index >= 15 is 0 Å². The summed E-state index contributed by atoms with van der Waals surface area (Å²) >= 11 is 0. The maximum Gasteiger partial charge on any atom is 0.303 e. The van der Waals surface area contributed by atoms with Gasteiger partial charge >= 0.3 is 5.97 Å². The molecule has 0 saturated heterocycles. The highest BCUT2D eigenvalue weighted by Gasteiger charge is 2.10. The van der Waals surface area contributed by atoms with Crippen molar-refractivity contribution in [3.05, 3.63) is 47.8 Å². The van der Waals surface area contributed by atoms with Crippen LogP contribution in [0, 0.1) is 0 Å². The largest absolute Gasteiger partial charge is 0.481 e. The second-order valence-corrected chi connectivity index (χ2v) is 7.41. The SMILES string of the molecule is CCCCCCCCCc1cnc(-c2ccc(C(C)CC(=O)O)cc2)nc1. The summed E-state index contributed by atoms with van der Waals surface area (Å²) in [4.78, 5) is 19.8. The second-order valence-electron chi connectivity index (χ2n) is 7.41. The van der Waals surface area contributed by atoms with E-state index in [0.717, 1.165) is 23.4 Å². The number of aliphatic carboxylic acids is 1. The summed E-state index contributed by atoms with van der Waals surface area (Å²) in [5, 5.41) is 8.91. The third-order valence-corrected chi connectivity index (χ3v) is 4.99. The van der Waals surface area contributed by atoms with Gasteiger partial charge in [0, 0.05) is 18.0 Å². The number of aromatic nitrogens is 2. The van der Waals surface area contributed by atoms with Crippen LogP contribution in [0.1, 0.15) is 82.3 Å². The molecule has 0 spiro atoms. The Labute approximate surface area is 163 Å². The summed E-state index contributed by atoms with van der Waals surface area (Å²) in [6.07, 6.45) is 14.2. The Balaban J connectivity index is 1.81. The van der Waals surface area contributed by atoms with E-state index in [1.165, 1.54) is 50.5 Å². The van der Waals surface area contributed by atoms with Crippen LogP contribution in [0.25, 0.3) is 11.4 Å². The average molecular weight is 369 g/mol. The van der Waals surface area contributed by atoms with Crippen LogP contribution in [0.5, 0.6) is 0 Å². The number of hydrogen-bond donors (Lipinski definition) is 1. The molecule has 1 aromatic carbocycles. The van der Waals surface area contributed by atoms with E-state index < -0.39 is 5.97 Å². The highest BCUT2D eigenvalue weighted by Crippen LogP contribution is 2.22. The zero-order chi connectivity index (χ0) is 19.5. The van der Waals surface area contributed by atoms with Crippen molar-refractivity contribution in [1.82, 2.24) is 9.97 Å². The lowest BCUT2D eigenvalue weighted by Gasteiger charge is -2.10. The van der Waals surface area contributed by atoms with Gasteiger partial charge in [0.05, 0.1) is 6.42 Å². The van der Waals surface area contributed by atoms with Gasteiger partial charge in [0.15, 0.2) is 5.82 Å². The first kappa shape index (κ1) is 21.1. The van der Waals surface area contributed by atoms with Crippen LogP contribution >= 0.6 is 0 Å². The quantitative estimate of drug-likeness (QED) is 0.466. The smallest absolute Gasteiger partial charge is 0.303 e. The zero-order valence-electron chi connectivity index (χ0n) is 16.7. The molecule has 4 nitrogen and oxygen atoms in total. The topological polar surface area (TPSA) is 63.1 Å². The van der Waals surface area contributed by atoms with Gasteiger partial charge in [0.1, 0.15) is 0 Å². The maximum absolute atomic E-state index is 10.8. The molecule has 0 radical (unpaired) electrons. The Bertz CT molecular complexity index is 681. The predicted molar refractivity (Wildman–Crippen MR) is 110 cm³/mol. The molecule has 1 heterocycles. The number of benzene rings is 1. The molecule has 0 bridgehead atoms. The average Bonchev–Trinajstić information content (AvgIpc) is 2.67. The van der Waals surface area contributed by atoms with Crippen LogP contribution in [0.3, 0.4) is 0 Å². The lowest BCUT2D eigenvalue weighted by atomic mass is 9.97. The first-order valence-corrected chi connectivity index (χ1v) is 10.2. The Kier molecular flexibility index (Phi) is 8.96. The molecule has 1 atom stereocenters. The second kappa shape index (κ2) is 11.5. The molecule has 1 aromatic heterocycles. The summed E-state index contributed by atoms with van der Waals surface area (Å²) in [6.45, 7) is 4.18. The summed E-state index contributed by atoms with van der Waals surface area (Å²) < 4.78 is 0. The Morgan fingerprint density at radius 2 is 1.56 bits per heavy atom. The van der Waals surface area contributed by atoms with Crippen LogP contribution < -0.4 is 0 Å². The van der Waals surface area contributed by atoms with Crippen LogP contribution in [0.4, 0.5) is 0 Å². The maximum atomic E-state index is 10.8. The molecule has 0 saturated carbocycles. The van der Waals surface area contributed by atoms with Gasteiger partial charge in [-0.15, -0.1) is 0 Å². The number of rotatable bonds is 12. The van der Waals surface area contributed by atoms with E-state index in [9.17, 15) is 4.79 Å². The molecular weight excluding hydrogens is 336 g/mol. The number of aryl methyl sites for hydroxylation is 1. The molecule has 146 valence electrons. The molecule has 0 amide bonds. The molecule has 2 aromatic rings. The van der Waals surface area contributed by atoms with E-state index in [0.29, 0.717) is 0 Å². The fraction of sp³-hybridized carbons (Fsp3) is 0.522. The Morgan fingerprint density at radius 1 is 0.963 bits per heavy atom. The van der Waals surface area contributed by atoms with E-state index in [2.05, 4.69) is 16.9 Å². The standard InChI is InChI=1S/C23H32N2O2/c1-3-4-5-6-7-8-9-10-19-16-24-23(25-17-19)21-13-11-20(12-14-21)18(2)15-22(26)27/h11-14,16-18H,3-10,15H2,1-2H3,(H,26,27). The van der Waals surface area contributed by atoms with E-state index in [-0.39, 0.29) is 12.3 Å². The molecule has 0 aliphatic rings. The van der Waals surface area contributed by atoms with Gasteiger partial charge in [-0.25, -0.2) is 9.97 Å². The third-order valence-electron chi connectivity index (χ3n) is 4.99. The van der Waals surface area contributed by atoms with Crippen molar-refractivity contribution in [3.8, 4) is 11.4 Å². The van der Waals surface area contributed by atoms with Gasteiger partial charge in [-0.2, -0.15) is 0 Å². The van der Waals surface area contributed by atoms with Crippen molar-refractivity contribution in [2.45, 2.75) is 77.6 Å². The lowest BCUT2D eigenvalue weighted by Crippen LogP contribution is -2.02. The van der Waals surface area contributed by atoms with E-state index in [1.54, 1.807) is 0 Å². The lowest BCUT2D eigenvalue weighted by molar-refractivity contribution is -0.137. The Hall–Kier alpha value is -2.23. The van der Waals surface area contributed by atoms with Gasteiger partial charge in [0.2, 0.25) is 0 Å². The molecular formula is C23H32N2O2. The van der Waals surface area contributed by atoms with Crippen LogP contribution in [0.15, 0.2) is 36.7 Å². The van der Waals surface area contributed by atoms with Crippen molar-refractivity contribution < 1.29 is 9.90 Å². The van der Waals surface area contributed by atoms with E-state index in [4.69, 9.17) is 5.11 Å². The van der Waals surface area contributed by atoms with Crippen molar-refractivity contribution in [2.75, 3.05) is 0 Å². The molecule has 0 aliphatic carbocycles. The number of carboxylic acids is 1. The fourth-order valence-electron chi connectivity index (χ4n) is 3.26. The highest BCUT2D eigenvalue weighted by atomic mass is 16.4. The molecule has 27 heavy (non-hydrogen) atoms. The minimum absolute atomic E-state index is 0.00168. The highest BCUT2D eigenvalue weighted by molar-refractivity contribution is 5.68. The summed E-state index contributed by atoms with van der Waals surface area (Å²) in [6, 6.07) is 7.88. The third kappa shape index (κ3) is 7.49. The summed E-state index contributed by atoms with van der Waals surface area (Å²) in [5.41, 5.74) is 3.18. The van der Waals surface area contributed by atoms with Crippen molar-refractivity contribution in [3.63, 3.8) is 0 Å². The van der Waals surface area contributed by atoms with Crippen molar-refractivity contribution >= 4 is 5.97 Å². The van der Waals surface area contributed by atoms with Crippen molar-refractivity contribution in [2.24, 2.45) is 0 Å². The predicted octanol–water partition coefficient (Wildman–Crippen LogP) is 6.01. The number of unbranched alkanes of at least 4 members (excludes halogenated alkanes) is 6. The summed E-state index contributed by atoms with van der Waals surface area (Å²) in [5.74, 6) is -0.0518. The van der Waals surface area contributed by atoms with Gasteiger partial charge in [-0.1, -0.05) is 76.6 Å². The number of hydrogen-bond acceptors (Lipinski definition) is 3. The molecule has 0 aliphatic heterocycles. The first-order valence-electron chi connectivity index (χ1n) is 10.2. The minimum atomic E-state index is -0.772. The van der Waals surface area contributed by atoms with Crippen LogP contribution in [0.2, 0.25) is 0 Å². The Morgan fingerprint density at radius 3 is 2.15 bits per heavy atom. The summed E-state index contributed by atoms with van der Waals surface area (Å²) in [7, 11) is 0. The molecule has 4 heteroatoms. The molecule has 1 unspecified atom stereocenters. The molecule has 1 N–H and O–H groups in total. The van der Waals surface area contributed by atoms with Gasteiger partial charge in [-0.3, -0.25) is 4.79 Å². The number of carboxylic acid groups (broad SMARTS) is 1. The van der Waals surface area contributed by atoms with Gasteiger partial charge in [0.25, 0.3) is 0 Å². The van der Waals surface area contributed by atoms with Gasteiger partial charge < -0.3 is 5.11 Å². The van der Waals surface area contributed by atoms with Crippen LogP contribution in [-0.2, 0) is 11.2 Å².